The molecule has 0 radical (unpaired) electrons. The van der Waals surface area contributed by atoms with Crippen molar-refractivity contribution in [2.24, 2.45) is 5.92 Å². The molecule has 1 heterocycles. The van der Waals surface area contributed by atoms with Crippen LogP contribution in [-0.2, 0) is 6.54 Å². The van der Waals surface area contributed by atoms with Gasteiger partial charge in [-0.3, -0.25) is 9.78 Å². The zero-order chi connectivity index (χ0) is 13.0. The lowest BCUT2D eigenvalue weighted by atomic mass is 10.1. The van der Waals surface area contributed by atoms with Gasteiger partial charge in [-0.05, 0) is 0 Å². The van der Waals surface area contributed by atoms with Crippen LogP contribution >= 0.6 is 0 Å². The molecule has 1 aromatic heterocycles. The number of aromatic nitrogens is 2. The summed E-state index contributed by atoms with van der Waals surface area (Å²) in [6.07, 6.45) is 5.20. The van der Waals surface area contributed by atoms with Crippen molar-refractivity contribution in [1.82, 2.24) is 4.98 Å². The van der Waals surface area contributed by atoms with Crippen molar-refractivity contribution in [1.29, 1.82) is 0 Å². The van der Waals surface area contributed by atoms with E-state index in [1.807, 2.05) is 42.8 Å². The fourth-order valence-electron chi connectivity index (χ4n) is 1.81. The highest BCUT2D eigenvalue weighted by atomic mass is 16.1. The fraction of sp³-hybridized carbons (Fsp3) is 0.267. The fourth-order valence-corrected chi connectivity index (χ4v) is 1.81. The second-order valence-corrected chi connectivity index (χ2v) is 4.59. The van der Waals surface area contributed by atoms with Crippen LogP contribution in [0.25, 0.3) is 0 Å². The quantitative estimate of drug-likeness (QED) is 0.607. The Morgan fingerprint density at radius 3 is 2.67 bits per heavy atom. The van der Waals surface area contributed by atoms with Crippen molar-refractivity contribution >= 4 is 5.78 Å². The van der Waals surface area contributed by atoms with E-state index in [4.69, 9.17) is 0 Å². The van der Waals surface area contributed by atoms with Crippen LogP contribution in [0.3, 0.4) is 0 Å². The van der Waals surface area contributed by atoms with E-state index in [-0.39, 0.29) is 11.7 Å². The Hall–Kier alpha value is -2.03. The second-order valence-electron chi connectivity index (χ2n) is 4.59. The Balaban J connectivity index is 2.31. The lowest BCUT2D eigenvalue weighted by Gasteiger charge is -2.04. The first-order chi connectivity index (χ1) is 8.68. The van der Waals surface area contributed by atoms with Crippen molar-refractivity contribution in [2.45, 2.75) is 20.4 Å². The molecule has 0 amide bonds. The zero-order valence-corrected chi connectivity index (χ0v) is 10.7. The van der Waals surface area contributed by atoms with E-state index < -0.39 is 0 Å². The third-order valence-electron chi connectivity index (χ3n) is 2.81. The molecular formula is C15H17N2O+. The van der Waals surface area contributed by atoms with Crippen molar-refractivity contribution in [3.8, 4) is 0 Å². The molecule has 0 saturated heterocycles. The lowest BCUT2D eigenvalue weighted by Crippen LogP contribution is -2.41. The summed E-state index contributed by atoms with van der Waals surface area (Å²) in [5.41, 5.74) is 1.84. The lowest BCUT2D eigenvalue weighted by molar-refractivity contribution is -0.690. The number of hydrogen-bond donors (Lipinski definition) is 0. The Morgan fingerprint density at radius 1 is 1.28 bits per heavy atom. The predicted octanol–water partition coefficient (Wildman–Crippen LogP) is 2.26. The van der Waals surface area contributed by atoms with Crippen LogP contribution in [0, 0.1) is 5.92 Å². The minimum atomic E-state index is -0.0174. The predicted molar refractivity (Wildman–Crippen MR) is 69.1 cm³/mol. The standard InChI is InChI=1S/C15H17N2O/c1-12(2)15(18)14-10-16-8-9-17(14)11-13-6-4-3-5-7-13/h3-10,12H,11H2,1-2H3/q+1. The van der Waals surface area contributed by atoms with Gasteiger partial charge in [-0.1, -0.05) is 44.2 Å². The molecule has 0 saturated carbocycles. The van der Waals surface area contributed by atoms with Gasteiger partial charge in [-0.15, -0.1) is 0 Å². The molecule has 0 bridgehead atoms. The summed E-state index contributed by atoms with van der Waals surface area (Å²) in [5, 5.41) is 0. The highest BCUT2D eigenvalue weighted by Crippen LogP contribution is 2.04. The summed E-state index contributed by atoms with van der Waals surface area (Å²) in [4.78, 5) is 16.1. The van der Waals surface area contributed by atoms with Gasteiger partial charge < -0.3 is 0 Å². The molecule has 0 atom stereocenters. The van der Waals surface area contributed by atoms with E-state index >= 15 is 0 Å². The van der Waals surface area contributed by atoms with Crippen LogP contribution < -0.4 is 4.57 Å². The average molecular weight is 241 g/mol. The summed E-state index contributed by atoms with van der Waals surface area (Å²) in [6, 6.07) is 10.1. The average Bonchev–Trinajstić information content (AvgIpc) is 2.39. The number of rotatable bonds is 4. The van der Waals surface area contributed by atoms with Crippen LogP contribution in [0.1, 0.15) is 29.9 Å². The summed E-state index contributed by atoms with van der Waals surface area (Å²) in [6.45, 7) is 4.50. The molecule has 0 aliphatic carbocycles. The van der Waals surface area contributed by atoms with Crippen LogP contribution in [-0.4, -0.2) is 10.8 Å². The minimum absolute atomic E-state index is 0.0174. The number of benzene rings is 1. The van der Waals surface area contributed by atoms with Gasteiger partial charge in [0, 0.05) is 11.5 Å². The van der Waals surface area contributed by atoms with E-state index in [2.05, 4.69) is 17.1 Å². The van der Waals surface area contributed by atoms with Gasteiger partial charge in [0.15, 0.2) is 12.7 Å². The maximum absolute atomic E-state index is 12.1. The number of carbonyl (C=O) groups excluding carboxylic acids is 1. The Labute approximate surface area is 107 Å². The maximum atomic E-state index is 12.1. The smallest absolute Gasteiger partial charge is 0.267 e. The molecule has 0 spiro atoms. The highest BCUT2D eigenvalue weighted by molar-refractivity contribution is 5.94. The second kappa shape index (κ2) is 5.54. The highest BCUT2D eigenvalue weighted by Gasteiger charge is 2.21. The van der Waals surface area contributed by atoms with Crippen LogP contribution in [0.4, 0.5) is 0 Å². The molecule has 0 aliphatic heterocycles. The van der Waals surface area contributed by atoms with Gasteiger partial charge >= 0.3 is 0 Å². The van der Waals surface area contributed by atoms with Crippen LogP contribution in [0.15, 0.2) is 48.9 Å². The normalized spacial score (nSPS) is 10.6. The number of ketones is 1. The number of Topliss-reactive ketones (excluding diaryl/α,β-unsaturated/α-hetero) is 1. The number of nitrogens with zero attached hydrogens (tertiary/aromatic N) is 2. The molecule has 3 nitrogen and oxygen atoms in total. The van der Waals surface area contributed by atoms with Crippen LogP contribution in [0.2, 0.25) is 0 Å². The molecule has 0 fully saturated rings. The monoisotopic (exact) mass is 241 g/mol. The topological polar surface area (TPSA) is 33.8 Å². The van der Waals surface area contributed by atoms with Crippen LogP contribution in [0.5, 0.6) is 0 Å². The molecule has 1 aromatic carbocycles. The maximum Gasteiger partial charge on any atom is 0.267 e. The molecule has 2 rings (SSSR count). The Kier molecular flexibility index (Phi) is 3.82. The van der Waals surface area contributed by atoms with E-state index in [1.54, 1.807) is 12.4 Å². The van der Waals surface area contributed by atoms with E-state index in [0.29, 0.717) is 12.2 Å². The van der Waals surface area contributed by atoms with E-state index in [0.717, 1.165) is 0 Å². The Morgan fingerprint density at radius 2 is 2.00 bits per heavy atom. The molecule has 18 heavy (non-hydrogen) atoms. The van der Waals surface area contributed by atoms with Gasteiger partial charge in [-0.2, -0.15) is 4.57 Å². The van der Waals surface area contributed by atoms with E-state index in [9.17, 15) is 4.79 Å². The molecule has 3 heteroatoms. The van der Waals surface area contributed by atoms with Gasteiger partial charge in [0.2, 0.25) is 5.78 Å². The Bertz CT molecular complexity index is 535. The minimum Gasteiger partial charge on any atom is -0.287 e. The number of hydrogen-bond acceptors (Lipinski definition) is 2. The summed E-state index contributed by atoms with van der Waals surface area (Å²) in [5.74, 6) is 0.107. The van der Waals surface area contributed by atoms with Gasteiger partial charge in [0.25, 0.3) is 5.69 Å². The van der Waals surface area contributed by atoms with E-state index in [1.165, 1.54) is 5.56 Å². The third-order valence-corrected chi connectivity index (χ3v) is 2.81. The molecule has 0 N–H and O–H groups in total. The molecule has 2 aromatic rings. The van der Waals surface area contributed by atoms with Crippen molar-refractivity contribution in [3.63, 3.8) is 0 Å². The summed E-state index contributed by atoms with van der Waals surface area (Å²) >= 11 is 0. The first-order valence-corrected chi connectivity index (χ1v) is 6.10. The van der Waals surface area contributed by atoms with Gasteiger partial charge in [0.05, 0.1) is 6.20 Å². The first-order valence-electron chi connectivity index (χ1n) is 6.10. The third kappa shape index (κ3) is 2.80. The molecule has 92 valence electrons. The molecule has 0 aliphatic rings. The molecule has 0 unspecified atom stereocenters. The SMILES string of the molecule is CC(C)C(=O)c1cncc[n+]1Cc1ccccc1. The zero-order valence-electron chi connectivity index (χ0n) is 10.7. The van der Waals surface area contributed by atoms with Crippen molar-refractivity contribution < 1.29 is 9.36 Å². The molecular weight excluding hydrogens is 224 g/mol. The van der Waals surface area contributed by atoms with Gasteiger partial charge in [0.1, 0.15) is 6.20 Å². The first kappa shape index (κ1) is 12.4. The summed E-state index contributed by atoms with van der Waals surface area (Å²) < 4.78 is 1.95. The van der Waals surface area contributed by atoms with Gasteiger partial charge in [-0.25, -0.2) is 0 Å². The summed E-state index contributed by atoms with van der Waals surface area (Å²) in [7, 11) is 0. The largest absolute Gasteiger partial charge is 0.287 e. The number of carbonyl (C=O) groups is 1. The van der Waals surface area contributed by atoms with Crippen molar-refractivity contribution in [2.75, 3.05) is 0 Å². The van der Waals surface area contributed by atoms with Crippen molar-refractivity contribution in [3.05, 3.63) is 60.2 Å².